The molecule has 1 aliphatic heterocycles. The fourth-order valence-electron chi connectivity index (χ4n) is 1.97. The van der Waals surface area contributed by atoms with Gasteiger partial charge in [-0.25, -0.2) is 0 Å². The summed E-state index contributed by atoms with van der Waals surface area (Å²) in [6.45, 7) is -0.329. The molecule has 1 aliphatic rings. The molecule has 0 spiro atoms. The minimum atomic E-state index is -1.09. The van der Waals surface area contributed by atoms with Crippen LogP contribution >= 0.6 is 0 Å². The summed E-state index contributed by atoms with van der Waals surface area (Å²) in [5, 5.41) is 28.5. The van der Waals surface area contributed by atoms with E-state index in [9.17, 15) is 10.2 Å². The van der Waals surface area contributed by atoms with Crippen LogP contribution < -0.4 is 4.90 Å². The van der Waals surface area contributed by atoms with E-state index in [1.165, 1.54) is 0 Å². The van der Waals surface area contributed by atoms with Crippen LogP contribution in [0, 0.1) is 0 Å². The summed E-state index contributed by atoms with van der Waals surface area (Å²) in [7, 11) is 3.81. The molecule has 2 heterocycles. The molecule has 18 heavy (non-hydrogen) atoms. The zero-order valence-electron chi connectivity index (χ0n) is 10.4. The number of pyridine rings is 1. The summed E-state index contributed by atoms with van der Waals surface area (Å²) in [5.74, 6) is 0. The van der Waals surface area contributed by atoms with Gasteiger partial charge in [0, 0.05) is 14.1 Å². The highest BCUT2D eigenvalue weighted by Crippen LogP contribution is 2.32. The second-order valence-electron chi connectivity index (χ2n) is 4.59. The summed E-state index contributed by atoms with van der Waals surface area (Å²) in [4.78, 5) is 6.13. The van der Waals surface area contributed by atoms with Gasteiger partial charge in [0.1, 0.15) is 24.4 Å². The van der Waals surface area contributed by atoms with Gasteiger partial charge in [0.25, 0.3) is 0 Å². The predicted molar refractivity (Wildman–Crippen MR) is 65.3 cm³/mol. The van der Waals surface area contributed by atoms with Crippen LogP contribution in [0.2, 0.25) is 0 Å². The Labute approximate surface area is 105 Å². The molecule has 100 valence electrons. The van der Waals surface area contributed by atoms with Crippen molar-refractivity contribution in [2.24, 2.45) is 0 Å². The molecule has 3 N–H and O–H groups in total. The van der Waals surface area contributed by atoms with Crippen LogP contribution in [0.5, 0.6) is 0 Å². The molecule has 1 fully saturated rings. The highest BCUT2D eigenvalue weighted by Gasteiger charge is 2.43. The zero-order valence-corrected chi connectivity index (χ0v) is 10.4. The molecule has 1 aromatic rings. The van der Waals surface area contributed by atoms with Crippen molar-refractivity contribution in [1.82, 2.24) is 4.98 Å². The van der Waals surface area contributed by atoms with Crippen molar-refractivity contribution in [3.8, 4) is 0 Å². The SMILES string of the molecule is CN(C)c1ccc([C@@H]2O[C@H](CO)[C@@H](O)[C@H]2O)nc1. The van der Waals surface area contributed by atoms with E-state index >= 15 is 0 Å². The van der Waals surface area contributed by atoms with Crippen molar-refractivity contribution in [2.45, 2.75) is 24.4 Å². The predicted octanol–water partition coefficient (Wildman–Crippen LogP) is -0.698. The third kappa shape index (κ3) is 2.32. The second kappa shape index (κ2) is 5.19. The Bertz CT molecular complexity index is 396. The first-order valence-electron chi connectivity index (χ1n) is 5.80. The maximum absolute atomic E-state index is 9.85. The average Bonchev–Trinajstić information content (AvgIpc) is 2.66. The molecule has 0 bridgehead atoms. The summed E-state index contributed by atoms with van der Waals surface area (Å²) < 4.78 is 5.40. The largest absolute Gasteiger partial charge is 0.394 e. The van der Waals surface area contributed by atoms with E-state index in [0.717, 1.165) is 5.69 Å². The molecule has 0 saturated carbocycles. The van der Waals surface area contributed by atoms with Crippen LogP contribution in [0.3, 0.4) is 0 Å². The van der Waals surface area contributed by atoms with Gasteiger partial charge in [-0.2, -0.15) is 0 Å². The number of aliphatic hydroxyl groups is 3. The number of rotatable bonds is 3. The van der Waals surface area contributed by atoms with Gasteiger partial charge in [-0.15, -0.1) is 0 Å². The number of hydrogen-bond donors (Lipinski definition) is 3. The standard InChI is InChI=1S/C12H18N2O4/c1-14(2)7-3-4-8(13-5-7)12-11(17)10(16)9(6-15)18-12/h3-5,9-12,15-17H,6H2,1-2H3/t9-,10-,11-,12+/m1/s1. The topological polar surface area (TPSA) is 86.1 Å². The maximum atomic E-state index is 9.85. The van der Waals surface area contributed by atoms with E-state index in [4.69, 9.17) is 9.84 Å². The highest BCUT2D eigenvalue weighted by atomic mass is 16.6. The first-order valence-corrected chi connectivity index (χ1v) is 5.80. The van der Waals surface area contributed by atoms with E-state index in [1.807, 2.05) is 25.1 Å². The van der Waals surface area contributed by atoms with Crippen molar-refractivity contribution in [1.29, 1.82) is 0 Å². The highest BCUT2D eigenvalue weighted by molar-refractivity contribution is 5.42. The molecule has 6 heteroatoms. The number of anilines is 1. The second-order valence-corrected chi connectivity index (χ2v) is 4.59. The normalized spacial score (nSPS) is 31.6. The lowest BCUT2D eigenvalue weighted by molar-refractivity contribution is -0.0239. The van der Waals surface area contributed by atoms with Gasteiger partial charge in [-0.3, -0.25) is 4.98 Å². The third-order valence-corrected chi connectivity index (χ3v) is 3.12. The molecule has 0 unspecified atom stereocenters. The van der Waals surface area contributed by atoms with Crippen molar-refractivity contribution < 1.29 is 20.1 Å². The molecular weight excluding hydrogens is 236 g/mol. The van der Waals surface area contributed by atoms with Gasteiger partial charge < -0.3 is 25.0 Å². The number of ether oxygens (including phenoxy) is 1. The molecular formula is C12H18N2O4. The van der Waals surface area contributed by atoms with Gasteiger partial charge >= 0.3 is 0 Å². The van der Waals surface area contributed by atoms with E-state index < -0.39 is 24.4 Å². The average molecular weight is 254 g/mol. The molecule has 6 nitrogen and oxygen atoms in total. The van der Waals surface area contributed by atoms with Crippen LogP contribution in [0.4, 0.5) is 5.69 Å². The van der Waals surface area contributed by atoms with Gasteiger partial charge in [-0.1, -0.05) is 0 Å². The zero-order chi connectivity index (χ0) is 13.3. The lowest BCUT2D eigenvalue weighted by atomic mass is 10.1. The first-order chi connectivity index (χ1) is 8.54. The van der Waals surface area contributed by atoms with Gasteiger partial charge in [0.05, 0.1) is 24.2 Å². The fourth-order valence-corrected chi connectivity index (χ4v) is 1.97. The van der Waals surface area contributed by atoms with E-state index in [2.05, 4.69) is 4.98 Å². The number of aromatic nitrogens is 1. The monoisotopic (exact) mass is 254 g/mol. The van der Waals surface area contributed by atoms with Crippen molar-refractivity contribution in [3.05, 3.63) is 24.0 Å². The van der Waals surface area contributed by atoms with Crippen molar-refractivity contribution in [2.75, 3.05) is 25.6 Å². The van der Waals surface area contributed by atoms with Crippen LogP contribution in [0.25, 0.3) is 0 Å². The molecule has 1 saturated heterocycles. The lowest BCUT2D eigenvalue weighted by Gasteiger charge is -2.16. The fraction of sp³-hybridized carbons (Fsp3) is 0.583. The molecule has 1 aromatic heterocycles. The van der Waals surface area contributed by atoms with Gasteiger partial charge in [0.15, 0.2) is 0 Å². The minimum Gasteiger partial charge on any atom is -0.394 e. The number of nitrogens with zero attached hydrogens (tertiary/aromatic N) is 2. The molecule has 0 aromatic carbocycles. The molecule has 2 rings (SSSR count). The summed E-state index contributed by atoms with van der Waals surface area (Å²) >= 11 is 0. The van der Waals surface area contributed by atoms with Gasteiger partial charge in [0.2, 0.25) is 0 Å². The van der Waals surface area contributed by atoms with Crippen molar-refractivity contribution >= 4 is 5.69 Å². The Hall–Kier alpha value is -1.21. The number of aliphatic hydroxyl groups excluding tert-OH is 3. The Morgan fingerprint density at radius 1 is 1.28 bits per heavy atom. The van der Waals surface area contributed by atoms with E-state index in [1.54, 1.807) is 12.3 Å². The van der Waals surface area contributed by atoms with Crippen LogP contribution in [0.15, 0.2) is 18.3 Å². The Balaban J connectivity index is 2.17. The molecule has 0 aliphatic carbocycles. The lowest BCUT2D eigenvalue weighted by Crippen LogP contribution is -2.32. The van der Waals surface area contributed by atoms with Gasteiger partial charge in [-0.05, 0) is 12.1 Å². The quantitative estimate of drug-likeness (QED) is 0.661. The Morgan fingerprint density at radius 2 is 2.00 bits per heavy atom. The molecule has 0 radical (unpaired) electrons. The van der Waals surface area contributed by atoms with E-state index in [0.29, 0.717) is 5.69 Å². The van der Waals surface area contributed by atoms with Crippen molar-refractivity contribution in [3.63, 3.8) is 0 Å². The summed E-state index contributed by atoms with van der Waals surface area (Å²) in [6, 6.07) is 3.60. The first kappa shape index (κ1) is 13.2. The smallest absolute Gasteiger partial charge is 0.128 e. The Morgan fingerprint density at radius 3 is 2.44 bits per heavy atom. The number of hydrogen-bond acceptors (Lipinski definition) is 6. The van der Waals surface area contributed by atoms with Crippen LogP contribution in [-0.2, 0) is 4.74 Å². The summed E-state index contributed by atoms with van der Waals surface area (Å²) in [5.41, 5.74) is 1.48. The van der Waals surface area contributed by atoms with Crippen LogP contribution in [0.1, 0.15) is 11.8 Å². The molecule has 0 amide bonds. The van der Waals surface area contributed by atoms with E-state index in [-0.39, 0.29) is 6.61 Å². The minimum absolute atomic E-state index is 0.329. The molecule has 4 atom stereocenters. The maximum Gasteiger partial charge on any atom is 0.128 e. The summed E-state index contributed by atoms with van der Waals surface area (Å²) in [6.07, 6.45) is -1.95. The third-order valence-electron chi connectivity index (χ3n) is 3.12. The Kier molecular flexibility index (Phi) is 3.82. The van der Waals surface area contributed by atoms with Crippen LogP contribution in [-0.4, -0.2) is 59.3 Å².